The summed E-state index contributed by atoms with van der Waals surface area (Å²) in [7, 11) is 0. The van der Waals surface area contributed by atoms with Gasteiger partial charge in [0.25, 0.3) is 0 Å². The van der Waals surface area contributed by atoms with Crippen molar-refractivity contribution in [2.75, 3.05) is 0 Å². The molecule has 0 radical (unpaired) electrons. The summed E-state index contributed by atoms with van der Waals surface area (Å²) >= 11 is 0. The van der Waals surface area contributed by atoms with Gasteiger partial charge in [-0.2, -0.15) is 0 Å². The van der Waals surface area contributed by atoms with Crippen molar-refractivity contribution in [1.29, 1.82) is 0 Å². The van der Waals surface area contributed by atoms with Gasteiger partial charge in [0.05, 0.1) is 0 Å². The third kappa shape index (κ3) is 4.53. The Labute approximate surface area is 195 Å². The fourth-order valence-corrected chi connectivity index (χ4v) is 5.77. The van der Waals surface area contributed by atoms with Crippen LogP contribution in [0.3, 0.4) is 0 Å². The van der Waals surface area contributed by atoms with E-state index in [0.717, 1.165) is 0 Å². The first-order chi connectivity index (χ1) is 15.3. The molecule has 0 heterocycles. The standard InChI is InChI=1S/C31H35B/c1-21-16-23(3)30(24(4)17-21)32(31-25(5)18-22(2)19-26(31)6)29(28-14-10-11-15-28)20-27-12-8-7-9-13-27/h7-9,12-14,16-20H,10-11,15H2,1-6H3/b29-20+. The molecule has 1 heteroatoms. The molecule has 0 amide bonds. The molecule has 4 rings (SSSR count). The van der Waals surface area contributed by atoms with Crippen molar-refractivity contribution in [1.82, 2.24) is 0 Å². The van der Waals surface area contributed by atoms with Gasteiger partial charge in [-0.3, -0.25) is 0 Å². The maximum absolute atomic E-state index is 2.49. The Kier molecular flexibility index (Phi) is 6.56. The van der Waals surface area contributed by atoms with Crippen LogP contribution in [0.25, 0.3) is 6.08 Å². The van der Waals surface area contributed by atoms with E-state index in [1.807, 2.05) is 0 Å². The zero-order chi connectivity index (χ0) is 22.8. The van der Waals surface area contributed by atoms with Gasteiger partial charge in [0.1, 0.15) is 0 Å². The zero-order valence-corrected chi connectivity index (χ0v) is 20.5. The second kappa shape index (κ2) is 9.37. The van der Waals surface area contributed by atoms with Crippen LogP contribution in [-0.4, -0.2) is 6.71 Å². The van der Waals surface area contributed by atoms with Gasteiger partial charge < -0.3 is 0 Å². The molecular formula is C31H35B. The van der Waals surface area contributed by atoms with Gasteiger partial charge in [-0.1, -0.05) is 122 Å². The summed E-state index contributed by atoms with van der Waals surface area (Å²) in [6.45, 7) is 13.8. The Morgan fingerprint density at radius 1 is 0.719 bits per heavy atom. The van der Waals surface area contributed by atoms with Crippen LogP contribution in [0.4, 0.5) is 0 Å². The van der Waals surface area contributed by atoms with Crippen LogP contribution in [0.2, 0.25) is 0 Å². The summed E-state index contributed by atoms with van der Waals surface area (Å²) in [5.74, 6) is 0. The lowest BCUT2D eigenvalue weighted by molar-refractivity contribution is 0.915. The highest BCUT2D eigenvalue weighted by Gasteiger charge is 2.32. The van der Waals surface area contributed by atoms with E-state index in [4.69, 9.17) is 0 Å². The van der Waals surface area contributed by atoms with Crippen LogP contribution < -0.4 is 10.9 Å². The highest BCUT2D eigenvalue weighted by Crippen LogP contribution is 2.30. The molecule has 0 saturated heterocycles. The quantitative estimate of drug-likeness (QED) is 0.396. The summed E-state index contributed by atoms with van der Waals surface area (Å²) < 4.78 is 0. The van der Waals surface area contributed by atoms with E-state index in [9.17, 15) is 0 Å². The molecule has 1 aliphatic rings. The summed E-state index contributed by atoms with van der Waals surface area (Å²) in [6.07, 6.45) is 8.56. The lowest BCUT2D eigenvalue weighted by Crippen LogP contribution is -2.49. The van der Waals surface area contributed by atoms with E-state index >= 15 is 0 Å². The van der Waals surface area contributed by atoms with Crippen LogP contribution in [-0.2, 0) is 0 Å². The molecule has 0 unspecified atom stereocenters. The van der Waals surface area contributed by atoms with Gasteiger partial charge in [-0.05, 0) is 66.4 Å². The van der Waals surface area contributed by atoms with Crippen molar-refractivity contribution in [2.24, 2.45) is 0 Å². The minimum Gasteiger partial charge on any atom is -0.0818 e. The molecule has 0 aromatic heterocycles. The largest absolute Gasteiger partial charge is 0.242 e. The maximum Gasteiger partial charge on any atom is 0.242 e. The predicted octanol–water partition coefficient (Wildman–Crippen LogP) is 6.88. The van der Waals surface area contributed by atoms with Gasteiger partial charge in [-0.15, -0.1) is 0 Å². The Bertz CT molecular complexity index is 1090. The van der Waals surface area contributed by atoms with Gasteiger partial charge in [0.15, 0.2) is 0 Å². The van der Waals surface area contributed by atoms with E-state index in [0.29, 0.717) is 0 Å². The molecule has 0 atom stereocenters. The van der Waals surface area contributed by atoms with Gasteiger partial charge in [0, 0.05) is 0 Å². The molecule has 1 aliphatic carbocycles. The number of hydrogen-bond donors (Lipinski definition) is 0. The SMILES string of the molecule is Cc1cc(C)c(B(/C(=C/c2ccccc2)C2=CCCC2)c2c(C)cc(C)cc2C)c(C)c1. The second-order valence-corrected chi connectivity index (χ2v) is 9.69. The van der Waals surface area contributed by atoms with Gasteiger partial charge >= 0.3 is 0 Å². The number of aryl methyl sites for hydroxylation is 6. The van der Waals surface area contributed by atoms with Crippen LogP contribution in [0.5, 0.6) is 0 Å². The fourth-order valence-electron chi connectivity index (χ4n) is 5.77. The Morgan fingerprint density at radius 3 is 1.66 bits per heavy atom. The number of allylic oxidation sites excluding steroid dienone is 3. The maximum atomic E-state index is 2.49. The third-order valence-corrected chi connectivity index (χ3v) is 6.90. The Hall–Kier alpha value is -2.80. The van der Waals surface area contributed by atoms with E-state index in [1.54, 1.807) is 0 Å². The molecule has 0 aliphatic heterocycles. The van der Waals surface area contributed by atoms with Crippen LogP contribution in [0.1, 0.15) is 58.2 Å². The summed E-state index contributed by atoms with van der Waals surface area (Å²) in [5.41, 5.74) is 15.5. The summed E-state index contributed by atoms with van der Waals surface area (Å²) in [6, 6.07) is 20.3. The lowest BCUT2D eigenvalue weighted by Gasteiger charge is -2.27. The molecule has 3 aromatic carbocycles. The highest BCUT2D eigenvalue weighted by atomic mass is 14.2. The first-order valence-corrected chi connectivity index (χ1v) is 12.0. The van der Waals surface area contributed by atoms with Crippen molar-refractivity contribution >= 4 is 23.7 Å². The zero-order valence-electron chi connectivity index (χ0n) is 20.5. The molecule has 0 spiro atoms. The van der Waals surface area contributed by atoms with Crippen LogP contribution >= 0.6 is 0 Å². The molecule has 3 aromatic rings. The van der Waals surface area contributed by atoms with Gasteiger partial charge in [-0.25, -0.2) is 0 Å². The fraction of sp³-hybridized carbons (Fsp3) is 0.290. The normalized spacial score (nSPS) is 13.9. The van der Waals surface area contributed by atoms with Crippen LogP contribution in [0.15, 0.2) is 71.7 Å². The van der Waals surface area contributed by atoms with Crippen molar-refractivity contribution in [2.45, 2.75) is 60.8 Å². The van der Waals surface area contributed by atoms with E-state index in [2.05, 4.69) is 108 Å². The Morgan fingerprint density at radius 2 is 1.22 bits per heavy atom. The number of benzene rings is 3. The first-order valence-electron chi connectivity index (χ1n) is 12.0. The summed E-state index contributed by atoms with van der Waals surface area (Å²) in [5, 5.41) is 0. The lowest BCUT2D eigenvalue weighted by atomic mass is 9.32. The Balaban J connectivity index is 2.06. The van der Waals surface area contributed by atoms with Crippen LogP contribution in [0, 0.1) is 41.5 Å². The van der Waals surface area contributed by atoms with E-state index in [1.165, 1.54) is 80.2 Å². The molecule has 0 nitrogen and oxygen atoms in total. The number of rotatable bonds is 5. The number of hydrogen-bond acceptors (Lipinski definition) is 0. The van der Waals surface area contributed by atoms with E-state index in [-0.39, 0.29) is 6.71 Å². The molecule has 162 valence electrons. The average Bonchev–Trinajstić information content (AvgIpc) is 3.25. The van der Waals surface area contributed by atoms with E-state index < -0.39 is 0 Å². The molecule has 0 saturated carbocycles. The molecule has 0 N–H and O–H groups in total. The van der Waals surface area contributed by atoms with Crippen molar-refractivity contribution < 1.29 is 0 Å². The second-order valence-electron chi connectivity index (χ2n) is 9.69. The van der Waals surface area contributed by atoms with Crippen molar-refractivity contribution in [3.63, 3.8) is 0 Å². The van der Waals surface area contributed by atoms with Gasteiger partial charge in [0.2, 0.25) is 6.71 Å². The predicted molar refractivity (Wildman–Crippen MR) is 143 cm³/mol. The molecule has 32 heavy (non-hydrogen) atoms. The monoisotopic (exact) mass is 418 g/mol. The first kappa shape index (κ1) is 22.4. The summed E-state index contributed by atoms with van der Waals surface area (Å²) in [4.78, 5) is 0. The minimum absolute atomic E-state index is 0.237. The molecule has 0 fully saturated rings. The molecular weight excluding hydrogens is 383 g/mol. The van der Waals surface area contributed by atoms with Crippen molar-refractivity contribution in [3.05, 3.63) is 111 Å². The highest BCUT2D eigenvalue weighted by molar-refractivity contribution is 6.93. The minimum atomic E-state index is 0.237. The third-order valence-electron chi connectivity index (χ3n) is 6.90. The molecule has 0 bridgehead atoms. The smallest absolute Gasteiger partial charge is 0.0818 e. The van der Waals surface area contributed by atoms with Crippen molar-refractivity contribution in [3.8, 4) is 0 Å². The average molecular weight is 418 g/mol. The topological polar surface area (TPSA) is 0 Å².